The molecule has 0 bridgehead atoms. The number of aliphatic hydroxyl groups excluding tert-OH is 1. The predicted molar refractivity (Wildman–Crippen MR) is 77.1 cm³/mol. The fourth-order valence-corrected chi connectivity index (χ4v) is 2.12. The molecule has 2 N–H and O–H groups in total. The fourth-order valence-electron chi connectivity index (χ4n) is 2.12. The van der Waals surface area contributed by atoms with Gasteiger partial charge in [0.05, 0.1) is 4.92 Å². The lowest BCUT2D eigenvalue weighted by molar-refractivity contribution is -0.384. The van der Waals surface area contributed by atoms with Crippen LogP contribution in [0, 0.1) is 16.0 Å². The standard InChI is InChI=1S/C14H20N2O4/c1-2-3-11(6-7-17)9-15-13-5-4-12(10-18)8-14(13)16(19)20/h4-5,8,10-11,15,17H,2-3,6-7,9H2,1H3. The first kappa shape index (κ1) is 16.1. The Balaban J connectivity index is 2.80. The number of aldehydes is 1. The maximum Gasteiger partial charge on any atom is 0.293 e. The summed E-state index contributed by atoms with van der Waals surface area (Å²) in [6.45, 7) is 2.74. The molecular formula is C14H20N2O4. The van der Waals surface area contributed by atoms with E-state index in [1.807, 2.05) is 0 Å². The largest absolute Gasteiger partial charge is 0.396 e. The molecule has 110 valence electrons. The van der Waals surface area contributed by atoms with Gasteiger partial charge in [0.2, 0.25) is 0 Å². The van der Waals surface area contributed by atoms with Crippen LogP contribution in [0.25, 0.3) is 0 Å². The van der Waals surface area contributed by atoms with E-state index in [0.29, 0.717) is 24.9 Å². The zero-order valence-corrected chi connectivity index (χ0v) is 11.5. The van der Waals surface area contributed by atoms with E-state index in [4.69, 9.17) is 5.11 Å². The number of nitro benzene ring substituents is 1. The SMILES string of the molecule is CCCC(CCO)CNc1ccc(C=O)cc1[N+](=O)[O-]. The number of nitrogens with zero attached hydrogens (tertiary/aromatic N) is 1. The number of nitro groups is 1. The van der Waals surface area contributed by atoms with Gasteiger partial charge in [0.1, 0.15) is 12.0 Å². The first-order chi connectivity index (χ1) is 9.62. The lowest BCUT2D eigenvalue weighted by Gasteiger charge is -2.16. The molecule has 1 atom stereocenters. The summed E-state index contributed by atoms with van der Waals surface area (Å²) in [6, 6.07) is 4.35. The second kappa shape index (κ2) is 8.27. The van der Waals surface area contributed by atoms with Crippen LogP contribution in [0.4, 0.5) is 11.4 Å². The van der Waals surface area contributed by atoms with Gasteiger partial charge in [-0.1, -0.05) is 13.3 Å². The van der Waals surface area contributed by atoms with E-state index in [0.717, 1.165) is 12.8 Å². The van der Waals surface area contributed by atoms with Crippen LogP contribution in [0.2, 0.25) is 0 Å². The molecule has 6 nitrogen and oxygen atoms in total. The van der Waals surface area contributed by atoms with Crippen LogP contribution in [0.3, 0.4) is 0 Å². The second-order valence-electron chi connectivity index (χ2n) is 4.70. The molecular weight excluding hydrogens is 260 g/mol. The van der Waals surface area contributed by atoms with E-state index in [1.54, 1.807) is 12.1 Å². The first-order valence-electron chi connectivity index (χ1n) is 6.70. The molecule has 0 heterocycles. The Bertz CT molecular complexity index is 456. The maximum absolute atomic E-state index is 11.0. The smallest absolute Gasteiger partial charge is 0.293 e. The summed E-state index contributed by atoms with van der Waals surface area (Å²) in [5.41, 5.74) is 0.580. The Hall–Kier alpha value is -1.95. The molecule has 6 heteroatoms. The van der Waals surface area contributed by atoms with E-state index >= 15 is 0 Å². The summed E-state index contributed by atoms with van der Waals surface area (Å²) in [4.78, 5) is 21.2. The van der Waals surface area contributed by atoms with Crippen molar-refractivity contribution in [3.8, 4) is 0 Å². The lowest BCUT2D eigenvalue weighted by atomic mass is 10.00. The van der Waals surface area contributed by atoms with Gasteiger partial charge < -0.3 is 10.4 Å². The van der Waals surface area contributed by atoms with Gasteiger partial charge in [-0.15, -0.1) is 0 Å². The van der Waals surface area contributed by atoms with Gasteiger partial charge in [0.15, 0.2) is 0 Å². The molecule has 0 aliphatic heterocycles. The highest BCUT2D eigenvalue weighted by Gasteiger charge is 2.15. The minimum atomic E-state index is -0.504. The van der Waals surface area contributed by atoms with Crippen molar-refractivity contribution in [3.63, 3.8) is 0 Å². The van der Waals surface area contributed by atoms with Gasteiger partial charge in [-0.25, -0.2) is 0 Å². The van der Waals surface area contributed by atoms with Gasteiger partial charge in [-0.05, 0) is 30.9 Å². The van der Waals surface area contributed by atoms with Gasteiger partial charge in [-0.3, -0.25) is 14.9 Å². The minimum Gasteiger partial charge on any atom is -0.396 e. The third-order valence-electron chi connectivity index (χ3n) is 3.17. The van der Waals surface area contributed by atoms with Crippen LogP contribution in [-0.2, 0) is 0 Å². The van der Waals surface area contributed by atoms with E-state index in [-0.39, 0.29) is 23.8 Å². The first-order valence-corrected chi connectivity index (χ1v) is 6.70. The fraction of sp³-hybridized carbons (Fsp3) is 0.500. The number of carbonyl (C=O) groups excluding carboxylic acids is 1. The second-order valence-corrected chi connectivity index (χ2v) is 4.70. The molecule has 1 aromatic rings. The minimum absolute atomic E-state index is 0.103. The third kappa shape index (κ3) is 4.62. The van der Waals surface area contributed by atoms with Crippen molar-refractivity contribution in [1.82, 2.24) is 0 Å². The summed E-state index contributed by atoms with van der Waals surface area (Å²) in [7, 11) is 0. The van der Waals surface area contributed by atoms with E-state index in [9.17, 15) is 14.9 Å². The zero-order valence-electron chi connectivity index (χ0n) is 11.5. The average Bonchev–Trinajstić information content (AvgIpc) is 2.45. The molecule has 0 amide bonds. The Kier molecular flexibility index (Phi) is 6.66. The number of rotatable bonds is 9. The molecule has 1 aromatic carbocycles. The van der Waals surface area contributed by atoms with Gasteiger partial charge in [0.25, 0.3) is 5.69 Å². The quantitative estimate of drug-likeness (QED) is 0.412. The predicted octanol–water partition coefficient (Wildman–Crippen LogP) is 2.62. The van der Waals surface area contributed by atoms with Crippen molar-refractivity contribution in [3.05, 3.63) is 33.9 Å². The monoisotopic (exact) mass is 280 g/mol. The molecule has 0 radical (unpaired) electrons. The van der Waals surface area contributed by atoms with Crippen molar-refractivity contribution in [1.29, 1.82) is 0 Å². The van der Waals surface area contributed by atoms with Gasteiger partial charge in [0, 0.05) is 24.8 Å². The van der Waals surface area contributed by atoms with Crippen molar-refractivity contribution >= 4 is 17.7 Å². The number of nitrogens with one attached hydrogen (secondary N) is 1. The lowest BCUT2D eigenvalue weighted by Crippen LogP contribution is -2.16. The molecule has 0 aromatic heterocycles. The third-order valence-corrected chi connectivity index (χ3v) is 3.17. The van der Waals surface area contributed by atoms with Crippen LogP contribution in [-0.4, -0.2) is 29.5 Å². The van der Waals surface area contributed by atoms with Crippen LogP contribution >= 0.6 is 0 Å². The van der Waals surface area contributed by atoms with Gasteiger partial charge in [-0.2, -0.15) is 0 Å². The Morgan fingerprint density at radius 3 is 2.75 bits per heavy atom. The molecule has 0 saturated heterocycles. The number of anilines is 1. The number of hydrogen-bond acceptors (Lipinski definition) is 5. The molecule has 20 heavy (non-hydrogen) atoms. The Morgan fingerprint density at radius 1 is 1.45 bits per heavy atom. The van der Waals surface area contributed by atoms with Crippen LogP contribution in [0.1, 0.15) is 36.5 Å². The van der Waals surface area contributed by atoms with Crippen LogP contribution < -0.4 is 5.32 Å². The summed E-state index contributed by atoms with van der Waals surface area (Å²) in [5.74, 6) is 0.273. The zero-order chi connectivity index (χ0) is 15.0. The van der Waals surface area contributed by atoms with Crippen molar-refractivity contribution in [2.75, 3.05) is 18.5 Å². The molecule has 0 fully saturated rings. The topological polar surface area (TPSA) is 92.5 Å². The summed E-state index contributed by atoms with van der Waals surface area (Å²) < 4.78 is 0. The van der Waals surface area contributed by atoms with Crippen LogP contribution in [0.15, 0.2) is 18.2 Å². The Labute approximate surface area is 118 Å². The molecule has 1 unspecified atom stereocenters. The van der Waals surface area contributed by atoms with Gasteiger partial charge >= 0.3 is 0 Å². The molecule has 0 aliphatic carbocycles. The van der Waals surface area contributed by atoms with E-state index < -0.39 is 4.92 Å². The molecule has 0 saturated carbocycles. The number of hydrogen-bond donors (Lipinski definition) is 2. The highest BCUT2D eigenvalue weighted by atomic mass is 16.6. The number of aliphatic hydroxyl groups is 1. The summed E-state index contributed by atoms with van der Waals surface area (Å²) >= 11 is 0. The number of benzene rings is 1. The maximum atomic E-state index is 11.0. The van der Waals surface area contributed by atoms with Crippen molar-refractivity contribution < 1.29 is 14.8 Å². The molecule has 0 spiro atoms. The Morgan fingerprint density at radius 2 is 2.20 bits per heavy atom. The van der Waals surface area contributed by atoms with Crippen molar-refractivity contribution in [2.45, 2.75) is 26.2 Å². The summed E-state index contributed by atoms with van der Waals surface area (Å²) in [5, 5.41) is 23.0. The normalized spacial score (nSPS) is 11.9. The summed E-state index contributed by atoms with van der Waals surface area (Å²) in [6.07, 6.45) is 3.20. The highest BCUT2D eigenvalue weighted by molar-refractivity contribution is 5.79. The highest BCUT2D eigenvalue weighted by Crippen LogP contribution is 2.25. The number of carbonyl (C=O) groups is 1. The molecule has 1 rings (SSSR count). The van der Waals surface area contributed by atoms with Crippen LogP contribution in [0.5, 0.6) is 0 Å². The van der Waals surface area contributed by atoms with E-state index in [2.05, 4.69) is 12.2 Å². The average molecular weight is 280 g/mol. The molecule has 0 aliphatic rings. The van der Waals surface area contributed by atoms with Crippen molar-refractivity contribution in [2.24, 2.45) is 5.92 Å². The van der Waals surface area contributed by atoms with E-state index in [1.165, 1.54) is 6.07 Å².